The molecule has 4 aromatic carbocycles. The van der Waals surface area contributed by atoms with Crippen LogP contribution in [0.4, 0.5) is 4.39 Å². The van der Waals surface area contributed by atoms with Crippen LogP contribution in [-0.2, 0) is 64.0 Å². The first kappa shape index (κ1) is 64.1. The molecule has 450 valence electrons. The molecule has 15 N–H and O–H groups in total. The molecule has 0 aliphatic carbocycles. The fourth-order valence-electron chi connectivity index (χ4n) is 9.87. The summed E-state index contributed by atoms with van der Waals surface area (Å²) in [5.74, 6) is -6.74. The predicted octanol–water partition coefficient (Wildman–Crippen LogP) is 1.51. The van der Waals surface area contributed by atoms with Gasteiger partial charge < -0.3 is 73.9 Å². The van der Waals surface area contributed by atoms with E-state index in [9.17, 15) is 58.1 Å². The number of carbonyl (C=O) groups excluding carboxylic acids is 8. The molecule has 84 heavy (non-hydrogen) atoms. The number of aliphatic hydroxyl groups excluding tert-OH is 1. The number of likely N-dealkylation sites (tertiary alicyclic amines) is 1. The molecule has 0 radical (unpaired) electrons. The van der Waals surface area contributed by atoms with Crippen molar-refractivity contribution in [1.82, 2.24) is 47.1 Å². The summed E-state index contributed by atoms with van der Waals surface area (Å²) in [4.78, 5) is 122. The number of hydrogen-bond acceptors (Lipinski definition) is 12. The average molecular weight is 1160 g/mol. The SMILES string of the molecule is CCNC(=O)[C@@H]1CCCN1C(=O)[C@H](CCCN=C(N)N)NC(=O)[C@H](CC(C)C)NC(=O)[C@@H](Cc1ccc(O)cc1)NC(=O)[C@H](Cc1ccc(O)cc1)NC(=O)[C@H](CO)NC(=O)[C@H](Cc1c[nH]c2ccccc12)NC(=O)CCc1ccc(F)cc1. The molecule has 7 atom stereocenters. The summed E-state index contributed by atoms with van der Waals surface area (Å²) < 4.78 is 13.6. The molecule has 0 bridgehead atoms. The first-order chi connectivity index (χ1) is 40.2. The van der Waals surface area contributed by atoms with Crippen LogP contribution < -0.4 is 48.7 Å². The van der Waals surface area contributed by atoms with Crippen molar-refractivity contribution in [2.45, 2.75) is 127 Å². The number of phenolic OH excluding ortho intramolecular Hbond substituents is 2. The van der Waals surface area contributed by atoms with Gasteiger partial charge >= 0.3 is 0 Å². The molecule has 0 unspecified atom stereocenters. The fraction of sp³-hybridized carbons (Fsp3) is 0.417. The molecule has 1 aliphatic rings. The molecule has 24 heteroatoms. The van der Waals surface area contributed by atoms with E-state index in [0.29, 0.717) is 41.6 Å². The Balaban J connectivity index is 1.24. The van der Waals surface area contributed by atoms with E-state index in [1.54, 1.807) is 25.3 Å². The van der Waals surface area contributed by atoms with Gasteiger partial charge in [0.1, 0.15) is 59.6 Å². The quantitative estimate of drug-likeness (QED) is 0.0176. The Hall–Kier alpha value is -9.06. The summed E-state index contributed by atoms with van der Waals surface area (Å²) in [6, 6.07) is 15.2. The maximum atomic E-state index is 14.8. The first-order valence-corrected chi connectivity index (χ1v) is 28.1. The van der Waals surface area contributed by atoms with E-state index >= 15 is 0 Å². The van der Waals surface area contributed by atoms with Gasteiger partial charge in [-0.25, -0.2) is 4.39 Å². The van der Waals surface area contributed by atoms with Crippen molar-refractivity contribution in [1.29, 1.82) is 0 Å². The summed E-state index contributed by atoms with van der Waals surface area (Å²) in [7, 11) is 0. The van der Waals surface area contributed by atoms with Crippen molar-refractivity contribution in [3.63, 3.8) is 0 Å². The minimum atomic E-state index is -1.70. The fourth-order valence-corrected chi connectivity index (χ4v) is 9.87. The number of benzene rings is 4. The van der Waals surface area contributed by atoms with Gasteiger partial charge in [-0.1, -0.05) is 68.4 Å². The smallest absolute Gasteiger partial charge is 0.245 e. The number of aliphatic imine (C=N–C) groups is 1. The van der Waals surface area contributed by atoms with Crippen LogP contribution in [0.2, 0.25) is 0 Å². The number of aryl methyl sites for hydroxylation is 1. The van der Waals surface area contributed by atoms with Gasteiger partial charge in [0.2, 0.25) is 47.3 Å². The number of phenols is 2. The van der Waals surface area contributed by atoms with Crippen molar-refractivity contribution in [3.8, 4) is 11.5 Å². The van der Waals surface area contributed by atoms with Crippen LogP contribution in [0.25, 0.3) is 10.9 Å². The second kappa shape index (κ2) is 31.4. The zero-order valence-corrected chi connectivity index (χ0v) is 47.4. The number of fused-ring (bicyclic) bond motifs is 1. The number of nitrogens with zero attached hydrogens (tertiary/aromatic N) is 2. The van der Waals surface area contributed by atoms with E-state index < -0.39 is 96.1 Å². The molecule has 8 amide bonds. The number of aromatic amines is 1. The molecule has 0 spiro atoms. The van der Waals surface area contributed by atoms with Gasteiger partial charge in [-0.15, -0.1) is 0 Å². The lowest BCUT2D eigenvalue weighted by molar-refractivity contribution is -0.142. The number of aromatic nitrogens is 1. The molecule has 1 saturated heterocycles. The Labute approximate surface area is 486 Å². The highest BCUT2D eigenvalue weighted by molar-refractivity contribution is 5.98. The Bertz CT molecular complexity index is 3080. The van der Waals surface area contributed by atoms with E-state index in [2.05, 4.69) is 47.2 Å². The number of amides is 8. The van der Waals surface area contributed by atoms with Crippen molar-refractivity contribution < 1.29 is 58.1 Å². The molecular formula is C60H77FN12O11. The highest BCUT2D eigenvalue weighted by atomic mass is 19.1. The van der Waals surface area contributed by atoms with Crippen molar-refractivity contribution >= 4 is 64.1 Å². The van der Waals surface area contributed by atoms with Gasteiger partial charge in [-0.3, -0.25) is 43.3 Å². The van der Waals surface area contributed by atoms with E-state index in [4.69, 9.17) is 11.5 Å². The zero-order chi connectivity index (χ0) is 60.9. The summed E-state index contributed by atoms with van der Waals surface area (Å²) in [6.45, 7) is 5.17. The molecule has 6 rings (SSSR count). The number of carbonyl (C=O) groups is 8. The Morgan fingerprint density at radius 1 is 0.679 bits per heavy atom. The van der Waals surface area contributed by atoms with Gasteiger partial charge in [-0.05, 0) is 116 Å². The van der Waals surface area contributed by atoms with E-state index in [1.807, 2.05) is 38.1 Å². The maximum absolute atomic E-state index is 14.8. The van der Waals surface area contributed by atoms with Crippen LogP contribution in [0, 0.1) is 11.7 Å². The average Bonchev–Trinajstić information content (AvgIpc) is 4.15. The molecule has 23 nitrogen and oxygen atoms in total. The Kier molecular flexibility index (Phi) is 24.0. The lowest BCUT2D eigenvalue weighted by atomic mass is 9.99. The molecule has 2 heterocycles. The normalized spacial score (nSPS) is 15.1. The van der Waals surface area contributed by atoms with Crippen molar-refractivity contribution in [2.75, 3.05) is 26.2 Å². The summed E-state index contributed by atoms with van der Waals surface area (Å²) in [6.07, 6.45) is 2.68. The summed E-state index contributed by atoms with van der Waals surface area (Å²) in [5, 5.41) is 50.7. The largest absolute Gasteiger partial charge is 0.508 e. The minimum absolute atomic E-state index is 0.0500. The van der Waals surface area contributed by atoms with E-state index in [0.717, 1.165) is 10.9 Å². The van der Waals surface area contributed by atoms with E-state index in [1.165, 1.54) is 65.6 Å². The van der Waals surface area contributed by atoms with Crippen LogP contribution in [0.5, 0.6) is 11.5 Å². The van der Waals surface area contributed by atoms with Gasteiger partial charge in [0.25, 0.3) is 0 Å². The number of H-pyrrole nitrogens is 1. The third-order valence-electron chi connectivity index (χ3n) is 14.2. The topological polar surface area (TPSA) is 365 Å². The van der Waals surface area contributed by atoms with Crippen LogP contribution in [-0.4, -0.2) is 147 Å². The number of aromatic hydroxyl groups is 2. The summed E-state index contributed by atoms with van der Waals surface area (Å²) in [5.41, 5.74) is 14.1. The van der Waals surface area contributed by atoms with Crippen LogP contribution >= 0.6 is 0 Å². The second-order valence-corrected chi connectivity index (χ2v) is 21.2. The molecule has 1 aromatic heterocycles. The lowest BCUT2D eigenvalue weighted by Crippen LogP contribution is -2.61. The number of guanidine groups is 1. The second-order valence-electron chi connectivity index (χ2n) is 21.2. The first-order valence-electron chi connectivity index (χ1n) is 28.1. The molecule has 1 aliphatic heterocycles. The molecule has 1 fully saturated rings. The number of nitrogens with two attached hydrogens (primary N) is 2. The van der Waals surface area contributed by atoms with Crippen LogP contribution in [0.1, 0.15) is 81.5 Å². The predicted molar refractivity (Wildman–Crippen MR) is 312 cm³/mol. The van der Waals surface area contributed by atoms with Crippen LogP contribution in [0.3, 0.4) is 0 Å². The molecular weight excluding hydrogens is 1080 g/mol. The van der Waals surface area contributed by atoms with Gasteiger partial charge in [0, 0.05) is 62.4 Å². The number of para-hydroxylation sites is 1. The summed E-state index contributed by atoms with van der Waals surface area (Å²) >= 11 is 0. The molecule has 0 saturated carbocycles. The number of aliphatic hydroxyl groups is 1. The van der Waals surface area contributed by atoms with Gasteiger partial charge in [0.15, 0.2) is 5.96 Å². The highest BCUT2D eigenvalue weighted by Gasteiger charge is 2.39. The zero-order valence-electron chi connectivity index (χ0n) is 47.4. The van der Waals surface area contributed by atoms with Gasteiger partial charge in [-0.2, -0.15) is 0 Å². The standard InChI is InChI=1S/C60H77FN12O11/c1-4-64-58(83)51-12-8-28-73(51)59(84)45(11-7-27-65-60(62)63)68-53(78)46(29-35(2)3)69-54(79)47(30-37-15-22-41(75)23-16-37)70-55(80)48(31-38-17-24-42(76)25-18-38)71-57(82)50(34-74)72-56(81)49(32-39-33-66-44-10-6-5-9-43(39)44)67-52(77)26-19-36-13-20-40(61)21-14-36/h5-6,9-10,13-18,20-25,33,35,45-51,66,74-76H,4,7-8,11-12,19,26-32,34H2,1-3H3,(H,64,83)(H,67,77)(H,68,78)(H,69,79)(H,70,80)(H,71,82)(H,72,81)(H4,62,63,65)/t45-,46-,47+,48-,49-,50-,51-/m0/s1. The monoisotopic (exact) mass is 1160 g/mol. The maximum Gasteiger partial charge on any atom is 0.245 e. The third kappa shape index (κ3) is 19.3. The van der Waals surface area contributed by atoms with Crippen LogP contribution in [0.15, 0.2) is 108 Å². The minimum Gasteiger partial charge on any atom is -0.508 e. The van der Waals surface area contributed by atoms with Gasteiger partial charge in [0.05, 0.1) is 6.61 Å². The number of hydrogen-bond donors (Lipinski definition) is 13. The number of halogens is 1. The number of likely N-dealkylation sites (N-methyl/N-ethyl adjacent to an activating group) is 1. The van der Waals surface area contributed by atoms with E-state index in [-0.39, 0.29) is 93.7 Å². The van der Waals surface area contributed by atoms with Crippen molar-refractivity contribution in [2.24, 2.45) is 22.4 Å². The third-order valence-corrected chi connectivity index (χ3v) is 14.2. The van der Waals surface area contributed by atoms with Crippen molar-refractivity contribution in [3.05, 3.63) is 131 Å². The number of nitrogens with one attached hydrogen (secondary N) is 8. The highest BCUT2D eigenvalue weighted by Crippen LogP contribution is 2.22. The lowest BCUT2D eigenvalue weighted by Gasteiger charge is -2.30. The Morgan fingerprint density at radius 2 is 1.20 bits per heavy atom. The Morgan fingerprint density at radius 3 is 1.77 bits per heavy atom. The number of rotatable bonds is 30. The molecule has 5 aromatic rings.